The van der Waals surface area contributed by atoms with Gasteiger partial charge >= 0.3 is 0 Å². The van der Waals surface area contributed by atoms with E-state index in [4.69, 9.17) is 0 Å². The maximum atomic E-state index is 3.88. The van der Waals surface area contributed by atoms with Crippen LogP contribution < -0.4 is 0 Å². The molecule has 0 aromatic rings. The summed E-state index contributed by atoms with van der Waals surface area (Å²) in [4.78, 5) is 0. The molecule has 0 saturated carbocycles. The van der Waals surface area contributed by atoms with E-state index in [1.807, 2.05) is 0 Å². The SMILES string of the molecule is C=C[Si](C)(C)[SiH2]C=C(C)C. The summed E-state index contributed by atoms with van der Waals surface area (Å²) >= 11 is 0. The number of allylic oxidation sites excluding steroid dienone is 1. The average Bonchev–Trinajstić information content (AvgIpc) is 1.85. The van der Waals surface area contributed by atoms with Gasteiger partial charge in [0.15, 0.2) is 0 Å². The largest absolute Gasteiger partial charge is 0.107 e. The van der Waals surface area contributed by atoms with Crippen molar-refractivity contribution in [1.82, 2.24) is 0 Å². The van der Waals surface area contributed by atoms with Gasteiger partial charge in [-0.05, 0) is 13.8 Å². The predicted octanol–water partition coefficient (Wildman–Crippen LogP) is 2.01. The van der Waals surface area contributed by atoms with Crippen LogP contribution in [0.25, 0.3) is 0 Å². The Hall–Kier alpha value is -0.0862. The van der Waals surface area contributed by atoms with Gasteiger partial charge in [-0.1, -0.05) is 18.7 Å². The normalized spacial score (nSPS) is 12.0. The van der Waals surface area contributed by atoms with E-state index >= 15 is 0 Å². The Morgan fingerprint density at radius 1 is 1.40 bits per heavy atom. The first-order valence-corrected chi connectivity index (χ1v) is 9.97. The van der Waals surface area contributed by atoms with E-state index < -0.39 is 7.59 Å². The summed E-state index contributed by atoms with van der Waals surface area (Å²) in [5.74, 6) is 0. The smallest absolute Gasteiger partial charge is 0.0616 e. The molecule has 0 fully saturated rings. The van der Waals surface area contributed by atoms with Crippen molar-refractivity contribution >= 4 is 16.6 Å². The maximum absolute atomic E-state index is 3.88. The van der Waals surface area contributed by atoms with Gasteiger partial charge in [-0.2, -0.15) is 0 Å². The van der Waals surface area contributed by atoms with Crippen molar-refractivity contribution in [2.45, 2.75) is 26.9 Å². The molecule has 0 aromatic carbocycles. The molecule has 0 nitrogen and oxygen atoms in total. The Kier molecular flexibility index (Phi) is 3.90. The van der Waals surface area contributed by atoms with Gasteiger partial charge in [-0.3, -0.25) is 0 Å². The van der Waals surface area contributed by atoms with Gasteiger partial charge in [0.1, 0.15) is 0 Å². The Labute approximate surface area is 67.7 Å². The summed E-state index contributed by atoms with van der Waals surface area (Å²) in [6, 6.07) is 0. The first kappa shape index (κ1) is 9.91. The molecule has 0 aliphatic heterocycles. The van der Waals surface area contributed by atoms with Crippen molar-refractivity contribution in [2.24, 2.45) is 0 Å². The Balaban J connectivity index is 3.90. The molecule has 0 spiro atoms. The van der Waals surface area contributed by atoms with Crippen LogP contribution in [0.15, 0.2) is 23.6 Å². The Morgan fingerprint density at radius 3 is 2.20 bits per heavy atom. The molecule has 0 aliphatic carbocycles. The highest BCUT2D eigenvalue weighted by Crippen LogP contribution is 2.01. The van der Waals surface area contributed by atoms with Crippen LogP contribution >= 0.6 is 0 Å². The summed E-state index contributed by atoms with van der Waals surface area (Å²) in [5, 5.41) is 0. The summed E-state index contributed by atoms with van der Waals surface area (Å²) in [7, 11) is -0.863. The highest BCUT2D eigenvalue weighted by atomic mass is 29.2. The number of rotatable bonds is 3. The molecule has 0 N–H and O–H groups in total. The molecule has 0 saturated heterocycles. The third kappa shape index (κ3) is 4.76. The van der Waals surface area contributed by atoms with Gasteiger partial charge in [0.25, 0.3) is 0 Å². The second kappa shape index (κ2) is 3.93. The van der Waals surface area contributed by atoms with Crippen molar-refractivity contribution in [1.29, 1.82) is 0 Å². The van der Waals surface area contributed by atoms with Gasteiger partial charge in [-0.15, -0.1) is 18.0 Å². The van der Waals surface area contributed by atoms with E-state index in [1.165, 1.54) is 5.57 Å². The molecule has 0 unspecified atom stereocenters. The fourth-order valence-corrected chi connectivity index (χ4v) is 4.95. The minimum absolute atomic E-state index is 0.0505. The van der Waals surface area contributed by atoms with E-state index in [0.717, 1.165) is 0 Å². The molecule has 0 rings (SSSR count). The van der Waals surface area contributed by atoms with E-state index in [2.05, 4.69) is 44.9 Å². The minimum atomic E-state index is -0.914. The summed E-state index contributed by atoms with van der Waals surface area (Å²) in [6.07, 6.45) is 0. The Bertz CT molecular complexity index is 141. The third-order valence-corrected chi connectivity index (χ3v) is 9.40. The molecule has 0 atom stereocenters. The van der Waals surface area contributed by atoms with Crippen molar-refractivity contribution in [2.75, 3.05) is 0 Å². The Morgan fingerprint density at radius 2 is 1.90 bits per heavy atom. The monoisotopic (exact) mass is 170 g/mol. The lowest BCUT2D eigenvalue weighted by molar-refractivity contribution is 1.41. The highest BCUT2D eigenvalue weighted by Gasteiger charge is 2.13. The fourth-order valence-electron chi connectivity index (χ4n) is 0.551. The zero-order valence-corrected chi connectivity index (χ0v) is 9.98. The van der Waals surface area contributed by atoms with Gasteiger partial charge in [0.05, 0.1) is 7.59 Å². The predicted molar refractivity (Wildman–Crippen MR) is 55.7 cm³/mol. The highest BCUT2D eigenvalue weighted by molar-refractivity contribution is 7.27. The van der Waals surface area contributed by atoms with E-state index in [9.17, 15) is 0 Å². The molecule has 0 amide bonds. The van der Waals surface area contributed by atoms with Crippen molar-refractivity contribution < 1.29 is 0 Å². The van der Waals surface area contributed by atoms with Crippen LogP contribution in [0.3, 0.4) is 0 Å². The molecule has 58 valence electrons. The van der Waals surface area contributed by atoms with Crippen molar-refractivity contribution in [3.8, 4) is 0 Å². The van der Waals surface area contributed by atoms with Crippen molar-refractivity contribution in [3.63, 3.8) is 0 Å². The molecular weight excluding hydrogens is 152 g/mol. The van der Waals surface area contributed by atoms with Crippen molar-refractivity contribution in [3.05, 3.63) is 23.6 Å². The molecule has 0 aliphatic rings. The van der Waals surface area contributed by atoms with E-state index in [1.54, 1.807) is 0 Å². The van der Waals surface area contributed by atoms with Crippen LogP contribution in [0.2, 0.25) is 13.1 Å². The molecule has 10 heavy (non-hydrogen) atoms. The maximum Gasteiger partial charge on any atom is 0.0616 e. The number of hydrogen-bond donors (Lipinski definition) is 0. The van der Waals surface area contributed by atoms with Crippen LogP contribution in [0.1, 0.15) is 13.8 Å². The molecule has 0 bridgehead atoms. The second-order valence-corrected chi connectivity index (χ2v) is 15.6. The van der Waals surface area contributed by atoms with E-state index in [-0.39, 0.29) is 9.04 Å². The van der Waals surface area contributed by atoms with Gasteiger partial charge < -0.3 is 0 Å². The molecule has 2 heteroatoms. The zero-order valence-electron chi connectivity index (χ0n) is 7.57. The molecule has 0 aromatic heterocycles. The molecule has 0 radical (unpaired) electrons. The molecule has 0 heterocycles. The van der Waals surface area contributed by atoms with Gasteiger partial charge in [0.2, 0.25) is 0 Å². The first-order chi connectivity index (χ1) is 4.48. The van der Waals surface area contributed by atoms with Crippen LogP contribution in [-0.2, 0) is 0 Å². The second-order valence-electron chi connectivity index (χ2n) is 3.68. The molecular formula is C8H18Si2. The van der Waals surface area contributed by atoms with Crippen LogP contribution in [0, 0.1) is 0 Å². The first-order valence-electron chi connectivity index (χ1n) is 3.75. The number of hydrogen-bond acceptors (Lipinski definition) is 0. The lowest BCUT2D eigenvalue weighted by atomic mass is 10.4. The van der Waals surface area contributed by atoms with Gasteiger partial charge in [0, 0.05) is 9.04 Å². The topological polar surface area (TPSA) is 0 Å². The third-order valence-electron chi connectivity index (χ3n) is 1.59. The van der Waals surface area contributed by atoms with Crippen LogP contribution in [0.5, 0.6) is 0 Å². The van der Waals surface area contributed by atoms with E-state index in [0.29, 0.717) is 0 Å². The van der Waals surface area contributed by atoms with Crippen LogP contribution in [-0.4, -0.2) is 16.6 Å². The minimum Gasteiger partial charge on any atom is -0.107 e. The quantitative estimate of drug-likeness (QED) is 0.569. The zero-order chi connectivity index (χ0) is 8.20. The lowest BCUT2D eigenvalue weighted by Gasteiger charge is -2.13. The fraction of sp³-hybridized carbons (Fsp3) is 0.500. The van der Waals surface area contributed by atoms with Gasteiger partial charge in [-0.25, -0.2) is 0 Å². The summed E-state index contributed by atoms with van der Waals surface area (Å²) in [5.41, 5.74) is 6.14. The summed E-state index contributed by atoms with van der Waals surface area (Å²) in [6.45, 7) is 13.0. The van der Waals surface area contributed by atoms with Crippen LogP contribution in [0.4, 0.5) is 0 Å². The average molecular weight is 170 g/mol. The standard InChI is InChI=1S/C8H18Si2/c1-6-10(4,5)9-7-8(2)3/h6-7H,1,9H2,2-5H3. The lowest BCUT2D eigenvalue weighted by Crippen LogP contribution is -2.30. The summed E-state index contributed by atoms with van der Waals surface area (Å²) < 4.78 is 0.